The summed E-state index contributed by atoms with van der Waals surface area (Å²) in [4.78, 5) is 12.6. The van der Waals surface area contributed by atoms with Crippen LogP contribution in [0.25, 0.3) is 0 Å². The monoisotopic (exact) mass is 269 g/mol. The van der Waals surface area contributed by atoms with E-state index in [1.54, 1.807) is 11.3 Å². The minimum atomic E-state index is -0.781. The predicted molar refractivity (Wildman–Crippen MR) is 70.7 cm³/mol. The van der Waals surface area contributed by atoms with Gasteiger partial charge < -0.3 is 15.5 Å². The Hall–Kier alpha value is -0.910. The third kappa shape index (κ3) is 3.80. The van der Waals surface area contributed by atoms with Crippen molar-refractivity contribution in [2.24, 2.45) is 5.41 Å². The lowest BCUT2D eigenvalue weighted by Gasteiger charge is -2.13. The maximum atomic E-state index is 10.6. The molecule has 1 aliphatic carbocycles. The Morgan fingerprint density at radius 2 is 2.11 bits per heavy atom. The summed E-state index contributed by atoms with van der Waals surface area (Å²) >= 11 is 1.55. The lowest BCUT2D eigenvalue weighted by Crippen LogP contribution is -2.24. The van der Waals surface area contributed by atoms with Gasteiger partial charge in [0.25, 0.3) is 0 Å². The van der Waals surface area contributed by atoms with E-state index in [4.69, 9.17) is 10.2 Å². The van der Waals surface area contributed by atoms with Crippen molar-refractivity contribution in [3.05, 3.63) is 21.9 Å². The number of carboxylic acids is 1. The molecule has 1 aliphatic rings. The standard InChI is InChI=1S/C13H19NO3S/c15-6-5-13(3-4-13)9-14-8-11-2-1-10(18-11)7-12(16)17/h1-2,14-15H,3-9H2,(H,16,17). The first-order valence-electron chi connectivity index (χ1n) is 6.24. The summed E-state index contributed by atoms with van der Waals surface area (Å²) in [6, 6.07) is 3.87. The molecule has 1 saturated carbocycles. The number of rotatable bonds is 8. The molecule has 5 heteroatoms. The number of carbonyl (C=O) groups is 1. The number of hydrogen-bond donors (Lipinski definition) is 3. The number of aliphatic hydroxyl groups excluding tert-OH is 1. The van der Waals surface area contributed by atoms with E-state index >= 15 is 0 Å². The van der Waals surface area contributed by atoms with Gasteiger partial charge in [0.2, 0.25) is 0 Å². The summed E-state index contributed by atoms with van der Waals surface area (Å²) in [5, 5.41) is 21.1. The van der Waals surface area contributed by atoms with Crippen LogP contribution < -0.4 is 5.32 Å². The highest BCUT2D eigenvalue weighted by Gasteiger charge is 2.41. The van der Waals surface area contributed by atoms with Crippen molar-refractivity contribution >= 4 is 17.3 Å². The third-order valence-electron chi connectivity index (χ3n) is 3.44. The van der Waals surface area contributed by atoms with E-state index in [0.29, 0.717) is 5.41 Å². The number of carboxylic acid groups (broad SMARTS) is 1. The highest BCUT2D eigenvalue weighted by Crippen LogP contribution is 2.47. The fraction of sp³-hybridized carbons (Fsp3) is 0.615. The van der Waals surface area contributed by atoms with E-state index in [1.807, 2.05) is 12.1 Å². The fourth-order valence-electron chi connectivity index (χ4n) is 2.14. The third-order valence-corrected chi connectivity index (χ3v) is 4.53. The predicted octanol–water partition coefficient (Wildman–Crippen LogP) is 1.63. The zero-order valence-corrected chi connectivity index (χ0v) is 11.1. The minimum Gasteiger partial charge on any atom is -0.481 e. The van der Waals surface area contributed by atoms with Gasteiger partial charge in [0.15, 0.2) is 0 Å². The lowest BCUT2D eigenvalue weighted by molar-refractivity contribution is -0.136. The van der Waals surface area contributed by atoms with Crippen LogP contribution in [0.2, 0.25) is 0 Å². The second-order valence-corrected chi connectivity index (χ2v) is 6.27. The molecule has 0 aromatic carbocycles. The van der Waals surface area contributed by atoms with Gasteiger partial charge in [-0.3, -0.25) is 4.79 Å². The van der Waals surface area contributed by atoms with Gasteiger partial charge in [0, 0.05) is 29.5 Å². The van der Waals surface area contributed by atoms with Crippen molar-refractivity contribution in [3.8, 4) is 0 Å². The molecule has 18 heavy (non-hydrogen) atoms. The molecular weight excluding hydrogens is 250 g/mol. The smallest absolute Gasteiger partial charge is 0.308 e. The first kappa shape index (κ1) is 13.5. The van der Waals surface area contributed by atoms with Crippen LogP contribution in [0, 0.1) is 5.41 Å². The van der Waals surface area contributed by atoms with Gasteiger partial charge in [0.1, 0.15) is 0 Å². The van der Waals surface area contributed by atoms with Crippen LogP contribution in [0.4, 0.5) is 0 Å². The van der Waals surface area contributed by atoms with Gasteiger partial charge in [-0.05, 0) is 36.8 Å². The van der Waals surface area contributed by atoms with Crippen molar-refractivity contribution in [1.29, 1.82) is 0 Å². The summed E-state index contributed by atoms with van der Waals surface area (Å²) in [5.74, 6) is -0.781. The molecule has 0 saturated heterocycles. The Bertz CT molecular complexity index is 412. The topological polar surface area (TPSA) is 69.6 Å². The van der Waals surface area contributed by atoms with Crippen LogP contribution in [0.1, 0.15) is 29.0 Å². The maximum Gasteiger partial charge on any atom is 0.308 e. The molecule has 0 unspecified atom stereocenters. The van der Waals surface area contributed by atoms with Crippen LogP contribution in [0.3, 0.4) is 0 Å². The molecule has 0 amide bonds. The van der Waals surface area contributed by atoms with Gasteiger partial charge in [-0.25, -0.2) is 0 Å². The van der Waals surface area contributed by atoms with Gasteiger partial charge in [-0.2, -0.15) is 0 Å². The number of nitrogens with one attached hydrogen (secondary N) is 1. The fourth-order valence-corrected chi connectivity index (χ4v) is 3.12. The first-order valence-corrected chi connectivity index (χ1v) is 7.06. The van der Waals surface area contributed by atoms with E-state index in [1.165, 1.54) is 17.7 Å². The summed E-state index contributed by atoms with van der Waals surface area (Å²) in [6.07, 6.45) is 3.40. The Morgan fingerprint density at radius 1 is 1.39 bits per heavy atom. The van der Waals surface area contributed by atoms with E-state index in [-0.39, 0.29) is 13.0 Å². The van der Waals surface area contributed by atoms with E-state index < -0.39 is 5.97 Å². The zero-order chi connectivity index (χ0) is 13.0. The van der Waals surface area contributed by atoms with Crippen molar-refractivity contribution in [2.75, 3.05) is 13.2 Å². The van der Waals surface area contributed by atoms with Crippen molar-refractivity contribution in [1.82, 2.24) is 5.32 Å². The molecule has 100 valence electrons. The molecule has 2 rings (SSSR count). The highest BCUT2D eigenvalue weighted by atomic mass is 32.1. The molecule has 0 radical (unpaired) electrons. The van der Waals surface area contributed by atoms with Gasteiger partial charge in [-0.1, -0.05) is 0 Å². The Kier molecular flexibility index (Phi) is 4.37. The van der Waals surface area contributed by atoms with Crippen LogP contribution in [-0.2, 0) is 17.8 Å². The molecule has 4 nitrogen and oxygen atoms in total. The zero-order valence-electron chi connectivity index (χ0n) is 10.3. The molecule has 0 spiro atoms. The van der Waals surface area contributed by atoms with E-state index in [2.05, 4.69) is 5.32 Å². The van der Waals surface area contributed by atoms with Crippen molar-refractivity contribution < 1.29 is 15.0 Å². The van der Waals surface area contributed by atoms with Crippen LogP contribution in [0.5, 0.6) is 0 Å². The second kappa shape index (κ2) is 5.82. The van der Waals surface area contributed by atoms with E-state index in [9.17, 15) is 4.79 Å². The molecule has 1 heterocycles. The van der Waals surface area contributed by atoms with Crippen LogP contribution >= 0.6 is 11.3 Å². The summed E-state index contributed by atoms with van der Waals surface area (Å²) < 4.78 is 0. The first-order chi connectivity index (χ1) is 8.63. The van der Waals surface area contributed by atoms with E-state index in [0.717, 1.165) is 24.4 Å². The summed E-state index contributed by atoms with van der Waals surface area (Å²) in [5.41, 5.74) is 0.329. The highest BCUT2D eigenvalue weighted by molar-refractivity contribution is 7.12. The number of thiophene rings is 1. The molecule has 3 N–H and O–H groups in total. The molecule has 1 fully saturated rings. The average molecular weight is 269 g/mol. The summed E-state index contributed by atoms with van der Waals surface area (Å²) in [6.45, 7) is 2.00. The van der Waals surface area contributed by atoms with Crippen molar-refractivity contribution in [2.45, 2.75) is 32.2 Å². The van der Waals surface area contributed by atoms with Crippen LogP contribution in [0.15, 0.2) is 12.1 Å². The average Bonchev–Trinajstić information content (AvgIpc) is 2.91. The molecular formula is C13H19NO3S. The molecule has 0 atom stereocenters. The molecule has 1 aromatic heterocycles. The lowest BCUT2D eigenvalue weighted by atomic mass is 10.0. The molecule has 0 aliphatic heterocycles. The quantitative estimate of drug-likeness (QED) is 0.671. The largest absolute Gasteiger partial charge is 0.481 e. The summed E-state index contributed by atoms with van der Waals surface area (Å²) in [7, 11) is 0. The Morgan fingerprint density at radius 3 is 2.72 bits per heavy atom. The number of hydrogen-bond acceptors (Lipinski definition) is 4. The number of aliphatic hydroxyl groups is 1. The minimum absolute atomic E-state index is 0.110. The Balaban J connectivity index is 1.73. The number of aliphatic carboxylic acids is 1. The van der Waals surface area contributed by atoms with Crippen molar-refractivity contribution in [3.63, 3.8) is 0 Å². The maximum absolute atomic E-state index is 10.6. The molecule has 1 aromatic rings. The second-order valence-electron chi connectivity index (χ2n) is 5.02. The van der Waals surface area contributed by atoms with Gasteiger partial charge in [0.05, 0.1) is 6.42 Å². The molecule has 0 bridgehead atoms. The normalized spacial score (nSPS) is 16.7. The Labute approximate surface area is 111 Å². The van der Waals surface area contributed by atoms with Gasteiger partial charge in [-0.15, -0.1) is 11.3 Å². The van der Waals surface area contributed by atoms with Crippen LogP contribution in [-0.4, -0.2) is 29.3 Å². The SMILES string of the molecule is O=C(O)Cc1ccc(CNCC2(CCO)CC2)s1. The van der Waals surface area contributed by atoms with Gasteiger partial charge >= 0.3 is 5.97 Å².